The zero-order chi connectivity index (χ0) is 20.5. The molecule has 1 nitrogen and oxygen atoms in total. The molecule has 0 amide bonds. The molecule has 2 rings (SSSR count). The molecule has 0 aromatic heterocycles. The Morgan fingerprint density at radius 1 is 1.00 bits per heavy atom. The molecule has 0 fully saturated rings. The van der Waals surface area contributed by atoms with Gasteiger partial charge in [0, 0.05) is 0 Å². The number of hydrogen-bond donors (Lipinski definition) is 0. The monoisotopic (exact) mass is 386 g/mol. The second kappa shape index (κ2) is 8.25. The molecule has 0 N–H and O–H groups in total. The minimum absolute atomic E-state index is 0.165. The summed E-state index contributed by atoms with van der Waals surface area (Å²) in [5.74, 6) is 1.51. The lowest BCUT2D eigenvalue weighted by Crippen LogP contribution is -2.59. The van der Waals surface area contributed by atoms with E-state index in [1.165, 1.54) is 18.4 Å². The van der Waals surface area contributed by atoms with Gasteiger partial charge in [0.15, 0.2) is 0 Å². The molecule has 0 aliphatic heterocycles. The van der Waals surface area contributed by atoms with Gasteiger partial charge < -0.3 is 4.43 Å². The van der Waals surface area contributed by atoms with Gasteiger partial charge in [-0.25, -0.2) is 0 Å². The first-order chi connectivity index (χ1) is 12.4. The van der Waals surface area contributed by atoms with E-state index in [4.69, 9.17) is 4.43 Å². The molecule has 2 atom stereocenters. The van der Waals surface area contributed by atoms with Crippen LogP contribution in [0.3, 0.4) is 0 Å². The van der Waals surface area contributed by atoms with Crippen LogP contribution in [0.4, 0.5) is 0 Å². The Hall–Kier alpha value is -0.863. The summed E-state index contributed by atoms with van der Waals surface area (Å²) in [4.78, 5) is 0. The Labute approximate surface area is 169 Å². The molecule has 0 spiro atoms. The maximum absolute atomic E-state index is 7.18. The molecule has 27 heavy (non-hydrogen) atoms. The molecule has 0 radical (unpaired) electrons. The summed E-state index contributed by atoms with van der Waals surface area (Å²) in [6.45, 7) is 22.5. The van der Waals surface area contributed by atoms with Crippen molar-refractivity contribution >= 4 is 8.32 Å². The molecule has 1 aromatic rings. The van der Waals surface area contributed by atoms with Gasteiger partial charge in [-0.3, -0.25) is 0 Å². The molecular weight excluding hydrogens is 344 g/mol. The fraction of sp³-hybridized carbons (Fsp3) is 0.680. The summed E-state index contributed by atoms with van der Waals surface area (Å²) in [6.07, 6.45) is 5.05. The molecule has 1 aromatic carbocycles. The van der Waals surface area contributed by atoms with Crippen molar-refractivity contribution in [3.63, 3.8) is 0 Å². The van der Waals surface area contributed by atoms with Gasteiger partial charge in [0.05, 0.1) is 6.61 Å². The van der Waals surface area contributed by atoms with Crippen molar-refractivity contribution in [1.82, 2.24) is 0 Å². The average Bonchev–Trinajstić information content (AvgIpc) is 2.55. The second-order valence-corrected chi connectivity index (χ2v) is 16.4. The second-order valence-electron chi connectivity index (χ2n) is 11.0. The fourth-order valence-corrected chi connectivity index (χ4v) is 12.8. The lowest BCUT2D eigenvalue weighted by molar-refractivity contribution is 0.225. The highest BCUT2D eigenvalue weighted by Crippen LogP contribution is 2.62. The van der Waals surface area contributed by atoms with Gasteiger partial charge in [-0.05, 0) is 52.8 Å². The van der Waals surface area contributed by atoms with Gasteiger partial charge in [-0.2, -0.15) is 0 Å². The number of hydrogen-bond acceptors (Lipinski definition) is 1. The van der Waals surface area contributed by atoms with Gasteiger partial charge in [-0.1, -0.05) is 97.4 Å². The minimum atomic E-state index is -2.20. The molecule has 0 saturated heterocycles. The topological polar surface area (TPSA) is 9.23 Å². The van der Waals surface area contributed by atoms with Crippen LogP contribution in [0.25, 0.3) is 0 Å². The molecule has 0 unspecified atom stereocenters. The van der Waals surface area contributed by atoms with Crippen molar-refractivity contribution in [1.29, 1.82) is 0 Å². The van der Waals surface area contributed by atoms with Crippen LogP contribution in [0, 0.1) is 11.8 Å². The van der Waals surface area contributed by atoms with Crippen LogP contribution in [0.1, 0.15) is 80.7 Å². The SMILES string of the molecule is CC1=CC[C@@H](C(C)C)C[C@H]1[Si](OCc1ccccc1)(C(C)(C)C)C(C)(C)C. The Morgan fingerprint density at radius 2 is 1.56 bits per heavy atom. The third kappa shape index (κ3) is 4.59. The molecule has 2 heteroatoms. The Kier molecular flexibility index (Phi) is 6.85. The average molecular weight is 387 g/mol. The number of benzene rings is 1. The molecular formula is C25H42OSi. The van der Waals surface area contributed by atoms with Gasteiger partial charge in [0.2, 0.25) is 8.32 Å². The van der Waals surface area contributed by atoms with Crippen molar-refractivity contribution in [2.45, 2.75) is 97.4 Å². The lowest BCUT2D eigenvalue weighted by Gasteiger charge is -2.56. The summed E-state index contributed by atoms with van der Waals surface area (Å²) in [5.41, 5.74) is 3.46. The van der Waals surface area contributed by atoms with E-state index in [-0.39, 0.29) is 10.1 Å². The third-order valence-electron chi connectivity index (χ3n) is 6.80. The largest absolute Gasteiger partial charge is 0.411 e. The first-order valence-corrected chi connectivity index (χ1v) is 12.7. The van der Waals surface area contributed by atoms with Gasteiger partial charge in [0.25, 0.3) is 0 Å². The predicted octanol–water partition coefficient (Wildman–Crippen LogP) is 8.13. The van der Waals surface area contributed by atoms with Gasteiger partial charge in [0.1, 0.15) is 0 Å². The number of allylic oxidation sites excluding steroid dienone is 2. The smallest absolute Gasteiger partial charge is 0.210 e. The lowest BCUT2D eigenvalue weighted by atomic mass is 9.82. The third-order valence-corrected chi connectivity index (χ3v) is 13.5. The molecule has 0 saturated carbocycles. The van der Waals surface area contributed by atoms with Crippen molar-refractivity contribution in [2.75, 3.05) is 0 Å². The van der Waals surface area contributed by atoms with Crippen LogP contribution in [0.2, 0.25) is 15.6 Å². The van der Waals surface area contributed by atoms with E-state index in [2.05, 4.69) is 98.7 Å². The maximum Gasteiger partial charge on any atom is 0.210 e. The molecule has 0 heterocycles. The van der Waals surface area contributed by atoms with E-state index < -0.39 is 8.32 Å². The normalized spacial score (nSPS) is 22.1. The van der Waals surface area contributed by atoms with Crippen LogP contribution in [-0.2, 0) is 11.0 Å². The quantitative estimate of drug-likeness (QED) is 0.366. The van der Waals surface area contributed by atoms with E-state index in [1.54, 1.807) is 5.57 Å². The highest BCUT2D eigenvalue weighted by Gasteiger charge is 2.60. The highest BCUT2D eigenvalue weighted by molar-refractivity contribution is 6.81. The van der Waals surface area contributed by atoms with E-state index in [9.17, 15) is 0 Å². The Morgan fingerprint density at radius 3 is 2.04 bits per heavy atom. The van der Waals surface area contributed by atoms with Crippen molar-refractivity contribution < 1.29 is 4.43 Å². The van der Waals surface area contributed by atoms with Crippen LogP contribution >= 0.6 is 0 Å². The zero-order valence-corrected chi connectivity index (χ0v) is 20.2. The molecule has 1 aliphatic carbocycles. The van der Waals surface area contributed by atoms with Crippen molar-refractivity contribution in [3.05, 3.63) is 47.5 Å². The minimum Gasteiger partial charge on any atom is -0.411 e. The van der Waals surface area contributed by atoms with Crippen LogP contribution in [0.15, 0.2) is 42.0 Å². The standard InChI is InChI=1S/C25H42OSi/c1-19(2)22-16-15-20(3)23(17-22)27(24(4,5)6,25(7,8)9)26-18-21-13-11-10-12-14-21/h10-15,19,22-23H,16-18H2,1-9H3/t22-,23-/m1/s1. The Bertz CT molecular complexity index is 617. The predicted molar refractivity (Wildman–Crippen MR) is 121 cm³/mol. The first-order valence-electron chi connectivity index (χ1n) is 10.7. The van der Waals surface area contributed by atoms with E-state index in [0.717, 1.165) is 18.4 Å². The number of rotatable bonds is 5. The van der Waals surface area contributed by atoms with Crippen molar-refractivity contribution in [3.8, 4) is 0 Å². The molecule has 0 bridgehead atoms. The van der Waals surface area contributed by atoms with E-state index >= 15 is 0 Å². The van der Waals surface area contributed by atoms with Crippen LogP contribution in [0.5, 0.6) is 0 Å². The zero-order valence-electron chi connectivity index (χ0n) is 19.2. The molecule has 152 valence electrons. The Balaban J connectivity index is 2.51. The summed E-state index contributed by atoms with van der Waals surface area (Å²) in [5, 5.41) is 0.331. The van der Waals surface area contributed by atoms with Crippen molar-refractivity contribution in [2.24, 2.45) is 11.8 Å². The summed E-state index contributed by atoms with van der Waals surface area (Å²) in [7, 11) is -2.20. The van der Waals surface area contributed by atoms with Crippen LogP contribution < -0.4 is 0 Å². The summed E-state index contributed by atoms with van der Waals surface area (Å²) >= 11 is 0. The van der Waals surface area contributed by atoms with E-state index in [0.29, 0.717) is 5.54 Å². The van der Waals surface area contributed by atoms with Gasteiger partial charge in [-0.15, -0.1) is 0 Å². The fourth-order valence-electron chi connectivity index (χ4n) is 5.57. The maximum atomic E-state index is 7.18. The molecule has 1 aliphatic rings. The highest BCUT2D eigenvalue weighted by atomic mass is 28.4. The summed E-state index contributed by atoms with van der Waals surface area (Å²) < 4.78 is 7.18. The first kappa shape index (κ1) is 22.4. The summed E-state index contributed by atoms with van der Waals surface area (Å²) in [6, 6.07) is 10.7. The van der Waals surface area contributed by atoms with Crippen LogP contribution in [-0.4, -0.2) is 8.32 Å². The van der Waals surface area contributed by atoms with Gasteiger partial charge >= 0.3 is 0 Å². The van der Waals surface area contributed by atoms with E-state index in [1.807, 2.05) is 0 Å².